The lowest BCUT2D eigenvalue weighted by molar-refractivity contribution is -0.144. The van der Waals surface area contributed by atoms with Crippen LogP contribution in [0.1, 0.15) is 103 Å². The van der Waals surface area contributed by atoms with Crippen LogP contribution in [0.25, 0.3) is 0 Å². The molecule has 0 aliphatic rings. The molecule has 2 rings (SSSR count). The Labute approximate surface area is 264 Å². The van der Waals surface area contributed by atoms with Crippen molar-refractivity contribution in [1.29, 1.82) is 0 Å². The summed E-state index contributed by atoms with van der Waals surface area (Å²) in [5, 5.41) is 6.31. The highest BCUT2D eigenvalue weighted by atomic mass is 35.5. The number of carbonyl (C=O) groups is 3. The van der Waals surface area contributed by atoms with Gasteiger partial charge in [0.15, 0.2) is 0 Å². The van der Waals surface area contributed by atoms with E-state index in [0.717, 1.165) is 28.7 Å². The van der Waals surface area contributed by atoms with E-state index >= 15 is 0 Å². The number of hydrogen-bond acceptors (Lipinski definition) is 4. The molecule has 8 heteroatoms. The summed E-state index contributed by atoms with van der Waals surface area (Å²) in [5.41, 5.74) is 3.26. The summed E-state index contributed by atoms with van der Waals surface area (Å²) in [7, 11) is 0. The number of rotatable bonds is 12. The van der Waals surface area contributed by atoms with Crippen LogP contribution in [-0.2, 0) is 14.3 Å². The topological polar surface area (TPSA) is 87.7 Å². The largest absolute Gasteiger partial charge is 0.444 e. The van der Waals surface area contributed by atoms with Gasteiger partial charge in [0.1, 0.15) is 17.7 Å². The summed E-state index contributed by atoms with van der Waals surface area (Å²) >= 11 is 6.53. The lowest BCUT2D eigenvalue weighted by atomic mass is 9.92. The van der Waals surface area contributed by atoms with E-state index < -0.39 is 23.8 Å². The van der Waals surface area contributed by atoms with E-state index in [4.69, 9.17) is 16.3 Å². The van der Waals surface area contributed by atoms with Crippen molar-refractivity contribution >= 4 is 35.2 Å². The normalized spacial score (nSPS) is 13.8. The van der Waals surface area contributed by atoms with Crippen molar-refractivity contribution in [2.24, 2.45) is 11.8 Å². The van der Waals surface area contributed by atoms with Gasteiger partial charge in [-0.25, -0.2) is 4.79 Å². The zero-order chi connectivity index (χ0) is 32.6. The molecule has 0 bridgehead atoms. The van der Waals surface area contributed by atoms with Crippen LogP contribution in [0.3, 0.4) is 0 Å². The lowest BCUT2D eigenvalue weighted by Gasteiger charge is -2.39. The summed E-state index contributed by atoms with van der Waals surface area (Å²) in [6, 6.07) is 9.07. The van der Waals surface area contributed by atoms with Crippen LogP contribution in [0.4, 0.5) is 10.5 Å². The summed E-state index contributed by atoms with van der Waals surface area (Å²) in [6.45, 7) is 21.4. The molecular weight excluding hydrogens is 562 g/mol. The van der Waals surface area contributed by atoms with Crippen LogP contribution < -0.4 is 10.6 Å². The van der Waals surface area contributed by atoms with E-state index in [1.165, 1.54) is 0 Å². The third-order valence-electron chi connectivity index (χ3n) is 7.53. The Morgan fingerprint density at radius 3 is 2.05 bits per heavy atom. The number of benzene rings is 2. The van der Waals surface area contributed by atoms with Gasteiger partial charge in [-0.2, -0.15) is 0 Å². The van der Waals surface area contributed by atoms with Gasteiger partial charge >= 0.3 is 6.09 Å². The number of carbonyl (C=O) groups excluding carboxylic acids is 3. The molecule has 3 amide bonds. The minimum Gasteiger partial charge on any atom is -0.444 e. The van der Waals surface area contributed by atoms with Crippen molar-refractivity contribution < 1.29 is 19.1 Å². The molecule has 0 aliphatic heterocycles. The van der Waals surface area contributed by atoms with Crippen LogP contribution in [0, 0.1) is 32.6 Å². The van der Waals surface area contributed by atoms with Gasteiger partial charge in [-0.3, -0.25) is 9.59 Å². The Morgan fingerprint density at radius 2 is 1.49 bits per heavy atom. The highest BCUT2D eigenvalue weighted by Gasteiger charge is 2.40. The fourth-order valence-corrected chi connectivity index (χ4v) is 5.37. The molecule has 2 N–H and O–H groups in total. The Kier molecular flexibility index (Phi) is 13.1. The molecule has 3 unspecified atom stereocenters. The summed E-state index contributed by atoms with van der Waals surface area (Å²) in [4.78, 5) is 43.8. The molecular formula is C35H52ClN3O4. The van der Waals surface area contributed by atoms with E-state index in [-0.39, 0.29) is 23.8 Å². The van der Waals surface area contributed by atoms with Crippen molar-refractivity contribution in [3.05, 3.63) is 63.7 Å². The second-order valence-corrected chi connectivity index (χ2v) is 13.9. The fraction of sp³-hybridized carbons (Fsp3) is 0.571. The predicted molar refractivity (Wildman–Crippen MR) is 176 cm³/mol. The Morgan fingerprint density at radius 1 is 0.884 bits per heavy atom. The highest BCUT2D eigenvalue weighted by Crippen LogP contribution is 2.34. The zero-order valence-corrected chi connectivity index (χ0v) is 28.7. The third-order valence-corrected chi connectivity index (χ3v) is 7.84. The molecule has 0 heterocycles. The molecule has 238 valence electrons. The molecule has 2 aromatic carbocycles. The maximum Gasteiger partial charge on any atom is 0.408 e. The Hall–Kier alpha value is -3.06. The van der Waals surface area contributed by atoms with Gasteiger partial charge < -0.3 is 20.3 Å². The molecule has 0 aromatic heterocycles. The second kappa shape index (κ2) is 15.6. The average molecular weight is 614 g/mol. The van der Waals surface area contributed by atoms with Gasteiger partial charge in [0.05, 0.1) is 10.7 Å². The first-order valence-electron chi connectivity index (χ1n) is 15.4. The zero-order valence-electron chi connectivity index (χ0n) is 27.9. The molecule has 0 saturated carbocycles. The van der Waals surface area contributed by atoms with Gasteiger partial charge in [0.2, 0.25) is 5.91 Å². The van der Waals surface area contributed by atoms with E-state index in [9.17, 15) is 14.4 Å². The first-order valence-corrected chi connectivity index (χ1v) is 15.7. The van der Waals surface area contributed by atoms with Crippen molar-refractivity contribution in [3.8, 4) is 0 Å². The molecule has 0 aliphatic carbocycles. The number of anilines is 1. The van der Waals surface area contributed by atoms with E-state index in [1.807, 2.05) is 71.9 Å². The van der Waals surface area contributed by atoms with Crippen molar-refractivity contribution in [1.82, 2.24) is 10.2 Å². The molecule has 0 spiro atoms. The number of hydrogen-bond donors (Lipinski definition) is 2. The summed E-state index contributed by atoms with van der Waals surface area (Å²) in [5.74, 6) is -0.192. The van der Waals surface area contributed by atoms with Gasteiger partial charge in [-0.15, -0.1) is 0 Å². The van der Waals surface area contributed by atoms with Crippen molar-refractivity contribution in [2.75, 3.05) is 5.32 Å². The van der Waals surface area contributed by atoms with Crippen LogP contribution >= 0.6 is 11.6 Å². The van der Waals surface area contributed by atoms with Gasteiger partial charge in [-0.05, 0) is 108 Å². The highest BCUT2D eigenvalue weighted by molar-refractivity contribution is 6.34. The Balaban J connectivity index is 2.74. The second-order valence-electron chi connectivity index (χ2n) is 13.5. The standard InChI is InChI=1S/C35H52ClN3O4/c1-21(2)18-19-25(7)39(33(41)29(20-22(3)4)37-34(42)43-35(9,10)11)31(27-16-12-14-23(5)26(27)8)32(40)38-30-24(6)15-13-17-28(30)36/h12-17,21-22,25,29,31H,18-20H2,1-11H3,(H,37,42)(H,38,40). The van der Waals surface area contributed by atoms with E-state index in [0.29, 0.717) is 29.5 Å². The molecule has 7 nitrogen and oxygen atoms in total. The third kappa shape index (κ3) is 10.6. The molecule has 0 saturated heterocycles. The first kappa shape index (κ1) is 36.1. The maximum absolute atomic E-state index is 14.7. The SMILES string of the molecule is Cc1cccc(C(C(=O)Nc2c(C)cccc2Cl)N(C(=O)C(CC(C)C)NC(=O)OC(C)(C)C)C(C)CCC(C)C)c1C. The van der Waals surface area contributed by atoms with E-state index in [2.05, 4.69) is 24.5 Å². The van der Waals surface area contributed by atoms with Gasteiger partial charge in [0, 0.05) is 6.04 Å². The minimum absolute atomic E-state index is 0.0930. The van der Waals surface area contributed by atoms with Crippen LogP contribution in [0.5, 0.6) is 0 Å². The van der Waals surface area contributed by atoms with Crippen LogP contribution in [-0.4, -0.2) is 40.5 Å². The smallest absolute Gasteiger partial charge is 0.408 e. The molecule has 0 radical (unpaired) electrons. The number of alkyl carbamates (subject to hydrolysis) is 1. The number of ether oxygens (including phenoxy) is 1. The fourth-order valence-electron chi connectivity index (χ4n) is 5.10. The Bertz CT molecular complexity index is 1250. The van der Waals surface area contributed by atoms with Crippen LogP contribution in [0.15, 0.2) is 36.4 Å². The summed E-state index contributed by atoms with van der Waals surface area (Å²) < 4.78 is 5.54. The number of aryl methyl sites for hydroxylation is 2. The lowest BCUT2D eigenvalue weighted by Crippen LogP contribution is -2.55. The maximum atomic E-state index is 14.7. The molecule has 3 atom stereocenters. The average Bonchev–Trinajstić information content (AvgIpc) is 2.87. The number of nitrogens with one attached hydrogen (secondary N) is 2. The number of para-hydroxylation sites is 1. The number of amides is 3. The number of nitrogens with zero attached hydrogens (tertiary/aromatic N) is 1. The van der Waals surface area contributed by atoms with Gasteiger partial charge in [-0.1, -0.05) is 69.6 Å². The van der Waals surface area contributed by atoms with E-state index in [1.54, 1.807) is 31.7 Å². The predicted octanol–water partition coefficient (Wildman–Crippen LogP) is 8.54. The van der Waals surface area contributed by atoms with Gasteiger partial charge in [0.25, 0.3) is 5.91 Å². The molecule has 2 aromatic rings. The minimum atomic E-state index is -0.972. The monoisotopic (exact) mass is 613 g/mol. The quantitative estimate of drug-likeness (QED) is 0.251. The number of halogens is 1. The van der Waals surface area contributed by atoms with Crippen molar-refractivity contribution in [2.45, 2.75) is 119 Å². The molecule has 43 heavy (non-hydrogen) atoms. The summed E-state index contributed by atoms with van der Waals surface area (Å²) in [6.07, 6.45) is 1.27. The van der Waals surface area contributed by atoms with Crippen LogP contribution in [0.2, 0.25) is 5.02 Å². The first-order chi connectivity index (χ1) is 19.9. The molecule has 0 fully saturated rings. The van der Waals surface area contributed by atoms with Crippen molar-refractivity contribution in [3.63, 3.8) is 0 Å².